The largest absolute Gasteiger partial charge is 0.496 e. The molecule has 5 nitrogen and oxygen atoms in total. The molecule has 2 aromatic carbocycles. The summed E-state index contributed by atoms with van der Waals surface area (Å²) in [6, 6.07) is 15.5. The van der Waals surface area contributed by atoms with Gasteiger partial charge in [-0.05, 0) is 31.0 Å². The number of benzene rings is 2. The van der Waals surface area contributed by atoms with Gasteiger partial charge in [-0.3, -0.25) is 0 Å². The van der Waals surface area contributed by atoms with E-state index in [1.54, 1.807) is 19.1 Å². The van der Waals surface area contributed by atoms with E-state index in [1.165, 1.54) is 0 Å². The number of carbonyl (C=O) groups excluding carboxylic acids is 1. The standard InChI is InChI=1S/C21H28N2O3/c1-5-26-15-18-11-7-6-10-17(18)14-22-21(24)23(3)16(2)19-12-8-9-13-20(19)25-4/h6-13,16H,5,14-15H2,1-4H3,(H,22,24)/t16-/m1/s1. The third kappa shape index (κ3) is 4.99. The number of ether oxygens (including phenoxy) is 2. The molecule has 2 aromatic rings. The molecule has 0 bridgehead atoms. The van der Waals surface area contributed by atoms with Crippen LogP contribution >= 0.6 is 0 Å². The molecule has 0 saturated heterocycles. The number of amides is 2. The quantitative estimate of drug-likeness (QED) is 0.773. The van der Waals surface area contributed by atoms with Crippen LogP contribution < -0.4 is 10.1 Å². The minimum absolute atomic E-state index is 0.107. The molecular weight excluding hydrogens is 328 g/mol. The fourth-order valence-electron chi connectivity index (χ4n) is 2.77. The second-order valence-electron chi connectivity index (χ2n) is 6.09. The maximum Gasteiger partial charge on any atom is 0.317 e. The van der Waals surface area contributed by atoms with E-state index >= 15 is 0 Å². The third-order valence-corrected chi connectivity index (χ3v) is 4.50. The molecule has 0 aliphatic carbocycles. The maximum absolute atomic E-state index is 12.6. The minimum Gasteiger partial charge on any atom is -0.496 e. The van der Waals surface area contributed by atoms with Crippen LogP contribution in [0.1, 0.15) is 36.6 Å². The van der Waals surface area contributed by atoms with Gasteiger partial charge in [-0.15, -0.1) is 0 Å². The maximum atomic E-state index is 12.6. The lowest BCUT2D eigenvalue weighted by atomic mass is 10.1. The van der Waals surface area contributed by atoms with Crippen molar-refractivity contribution in [3.63, 3.8) is 0 Å². The molecule has 0 unspecified atom stereocenters. The van der Waals surface area contributed by atoms with Gasteiger partial charge in [-0.25, -0.2) is 4.79 Å². The Hall–Kier alpha value is -2.53. The zero-order chi connectivity index (χ0) is 18.9. The van der Waals surface area contributed by atoms with Crippen LogP contribution in [0.4, 0.5) is 4.79 Å². The van der Waals surface area contributed by atoms with Crippen molar-refractivity contribution in [2.45, 2.75) is 33.0 Å². The number of hydrogen-bond acceptors (Lipinski definition) is 3. The topological polar surface area (TPSA) is 50.8 Å². The number of carbonyl (C=O) groups is 1. The number of hydrogen-bond donors (Lipinski definition) is 1. The summed E-state index contributed by atoms with van der Waals surface area (Å²) in [4.78, 5) is 14.3. The minimum atomic E-state index is -0.130. The van der Waals surface area contributed by atoms with Gasteiger partial charge in [-0.1, -0.05) is 42.5 Å². The Morgan fingerprint density at radius 1 is 1.12 bits per heavy atom. The van der Waals surface area contributed by atoms with E-state index in [4.69, 9.17) is 9.47 Å². The van der Waals surface area contributed by atoms with Crippen LogP contribution in [-0.4, -0.2) is 31.7 Å². The Balaban J connectivity index is 2.01. The fraction of sp³-hybridized carbons (Fsp3) is 0.381. The summed E-state index contributed by atoms with van der Waals surface area (Å²) in [5, 5.41) is 2.99. The first-order chi connectivity index (χ1) is 12.6. The summed E-state index contributed by atoms with van der Waals surface area (Å²) in [6.07, 6.45) is 0. The SMILES string of the molecule is CCOCc1ccccc1CNC(=O)N(C)[C@H](C)c1ccccc1OC. The highest BCUT2D eigenvalue weighted by molar-refractivity contribution is 5.74. The Kier molecular flexibility index (Phi) is 7.48. The number of methoxy groups -OCH3 is 1. The number of rotatable bonds is 8. The highest BCUT2D eigenvalue weighted by atomic mass is 16.5. The van der Waals surface area contributed by atoms with Crippen molar-refractivity contribution in [1.82, 2.24) is 10.2 Å². The lowest BCUT2D eigenvalue weighted by molar-refractivity contribution is 0.133. The highest BCUT2D eigenvalue weighted by Crippen LogP contribution is 2.28. The predicted molar refractivity (Wildman–Crippen MR) is 103 cm³/mol. The average Bonchev–Trinajstić information content (AvgIpc) is 2.69. The Bertz CT molecular complexity index is 718. The third-order valence-electron chi connectivity index (χ3n) is 4.50. The molecule has 1 N–H and O–H groups in total. The van der Waals surface area contributed by atoms with Gasteiger partial charge in [0.2, 0.25) is 0 Å². The second-order valence-corrected chi connectivity index (χ2v) is 6.09. The number of urea groups is 1. The van der Waals surface area contributed by atoms with Gasteiger partial charge in [0, 0.05) is 25.8 Å². The van der Waals surface area contributed by atoms with Crippen molar-refractivity contribution < 1.29 is 14.3 Å². The van der Waals surface area contributed by atoms with Crippen LogP contribution in [0.25, 0.3) is 0 Å². The lowest BCUT2D eigenvalue weighted by Crippen LogP contribution is -2.38. The first-order valence-electron chi connectivity index (χ1n) is 8.86. The molecule has 0 heterocycles. The fourth-order valence-corrected chi connectivity index (χ4v) is 2.77. The van der Waals surface area contributed by atoms with Crippen LogP contribution in [0.2, 0.25) is 0 Å². The summed E-state index contributed by atoms with van der Waals surface area (Å²) in [5.41, 5.74) is 3.13. The van der Waals surface area contributed by atoms with Crippen LogP contribution in [0, 0.1) is 0 Å². The van der Waals surface area contributed by atoms with E-state index in [0.29, 0.717) is 19.8 Å². The van der Waals surface area contributed by atoms with Crippen molar-refractivity contribution in [2.24, 2.45) is 0 Å². The van der Waals surface area contributed by atoms with E-state index < -0.39 is 0 Å². The van der Waals surface area contributed by atoms with Gasteiger partial charge < -0.3 is 19.7 Å². The molecule has 26 heavy (non-hydrogen) atoms. The van der Waals surface area contributed by atoms with E-state index in [9.17, 15) is 4.79 Å². The Labute approximate surface area is 155 Å². The second kappa shape index (κ2) is 9.82. The van der Waals surface area contributed by atoms with Crippen LogP contribution in [0.3, 0.4) is 0 Å². The molecule has 0 aromatic heterocycles. The number of para-hydroxylation sites is 1. The first-order valence-corrected chi connectivity index (χ1v) is 8.86. The van der Waals surface area contributed by atoms with Gasteiger partial charge >= 0.3 is 6.03 Å². The molecule has 1 atom stereocenters. The summed E-state index contributed by atoms with van der Waals surface area (Å²) in [6.45, 7) is 5.64. The normalized spacial score (nSPS) is 11.7. The van der Waals surface area contributed by atoms with Gasteiger partial charge in [0.05, 0.1) is 19.8 Å². The lowest BCUT2D eigenvalue weighted by Gasteiger charge is -2.27. The van der Waals surface area contributed by atoms with Gasteiger partial charge in [-0.2, -0.15) is 0 Å². The van der Waals surface area contributed by atoms with Crippen molar-refractivity contribution in [1.29, 1.82) is 0 Å². The molecule has 0 fully saturated rings. The molecule has 0 radical (unpaired) electrons. The number of nitrogens with zero attached hydrogens (tertiary/aromatic N) is 1. The smallest absolute Gasteiger partial charge is 0.317 e. The summed E-state index contributed by atoms with van der Waals surface area (Å²) < 4.78 is 10.9. The van der Waals surface area contributed by atoms with Crippen molar-refractivity contribution in [3.05, 3.63) is 65.2 Å². The molecule has 0 aliphatic heterocycles. The van der Waals surface area contributed by atoms with Gasteiger partial charge in [0.25, 0.3) is 0 Å². The monoisotopic (exact) mass is 356 g/mol. The zero-order valence-corrected chi connectivity index (χ0v) is 16.0. The average molecular weight is 356 g/mol. The molecule has 0 aliphatic rings. The molecule has 2 rings (SSSR count). The summed E-state index contributed by atoms with van der Waals surface area (Å²) in [7, 11) is 3.43. The van der Waals surface area contributed by atoms with Crippen molar-refractivity contribution in [3.8, 4) is 5.75 Å². The van der Waals surface area contributed by atoms with E-state index in [0.717, 1.165) is 22.4 Å². The van der Waals surface area contributed by atoms with Gasteiger partial charge in [0.15, 0.2) is 0 Å². The van der Waals surface area contributed by atoms with Gasteiger partial charge in [0.1, 0.15) is 5.75 Å². The van der Waals surface area contributed by atoms with E-state index in [1.807, 2.05) is 62.4 Å². The molecule has 2 amide bonds. The van der Waals surface area contributed by atoms with E-state index in [-0.39, 0.29) is 12.1 Å². The zero-order valence-electron chi connectivity index (χ0n) is 16.0. The van der Waals surface area contributed by atoms with Crippen LogP contribution in [-0.2, 0) is 17.9 Å². The van der Waals surface area contributed by atoms with Crippen molar-refractivity contribution in [2.75, 3.05) is 20.8 Å². The highest BCUT2D eigenvalue weighted by Gasteiger charge is 2.20. The van der Waals surface area contributed by atoms with Crippen LogP contribution in [0.5, 0.6) is 5.75 Å². The Morgan fingerprint density at radius 3 is 2.46 bits per heavy atom. The molecule has 140 valence electrons. The van der Waals surface area contributed by atoms with E-state index in [2.05, 4.69) is 5.32 Å². The first kappa shape index (κ1) is 19.8. The van der Waals surface area contributed by atoms with Crippen molar-refractivity contribution >= 4 is 6.03 Å². The molecule has 5 heteroatoms. The Morgan fingerprint density at radius 2 is 1.77 bits per heavy atom. The van der Waals surface area contributed by atoms with Crippen LogP contribution in [0.15, 0.2) is 48.5 Å². The molecule has 0 saturated carbocycles. The number of nitrogens with one attached hydrogen (secondary N) is 1. The molecular formula is C21H28N2O3. The predicted octanol–water partition coefficient (Wildman–Crippen LogP) is 4.13. The summed E-state index contributed by atoms with van der Waals surface area (Å²) >= 11 is 0. The molecule has 0 spiro atoms. The summed E-state index contributed by atoms with van der Waals surface area (Å²) in [5.74, 6) is 0.779.